The lowest BCUT2D eigenvalue weighted by Gasteiger charge is -2.11. The summed E-state index contributed by atoms with van der Waals surface area (Å²) in [6, 6.07) is 0. The Morgan fingerprint density at radius 1 is 1.64 bits per heavy atom. The first-order valence-electron chi connectivity index (χ1n) is 4.30. The van der Waals surface area contributed by atoms with Crippen molar-refractivity contribution >= 4 is 27.7 Å². The van der Waals surface area contributed by atoms with Gasteiger partial charge in [-0.2, -0.15) is 11.8 Å². The molecule has 0 saturated heterocycles. The zero-order valence-corrected chi connectivity index (χ0v) is 9.80. The maximum absolute atomic E-state index is 3.62. The van der Waals surface area contributed by atoms with Crippen LogP contribution >= 0.6 is 27.7 Å². The van der Waals surface area contributed by atoms with Crippen molar-refractivity contribution in [2.45, 2.75) is 26.2 Å². The van der Waals surface area contributed by atoms with E-state index in [0.29, 0.717) is 5.41 Å². The minimum Gasteiger partial charge on any atom is -0.165 e. The van der Waals surface area contributed by atoms with E-state index < -0.39 is 0 Å². The van der Waals surface area contributed by atoms with Gasteiger partial charge in [-0.15, -0.1) is 0 Å². The van der Waals surface area contributed by atoms with Gasteiger partial charge in [-0.1, -0.05) is 22.9 Å². The third-order valence-electron chi connectivity index (χ3n) is 2.89. The fourth-order valence-electron chi connectivity index (χ4n) is 1.72. The Morgan fingerprint density at radius 2 is 2.27 bits per heavy atom. The predicted octanol–water partition coefficient (Wildman–Crippen LogP) is 3.55. The molecule has 0 heterocycles. The standard InChI is InChI=1S/C9H17BrS/c1-8-6-9(8,7-10)4-3-5-11-2/h8H,3-7H2,1-2H3. The lowest BCUT2D eigenvalue weighted by atomic mass is 10.0. The molecular formula is C9H17BrS. The van der Waals surface area contributed by atoms with Gasteiger partial charge < -0.3 is 0 Å². The van der Waals surface area contributed by atoms with Crippen LogP contribution in [0.25, 0.3) is 0 Å². The summed E-state index contributed by atoms with van der Waals surface area (Å²) in [5.74, 6) is 2.31. The van der Waals surface area contributed by atoms with Crippen LogP contribution in [-0.4, -0.2) is 17.3 Å². The number of alkyl halides is 1. The maximum Gasteiger partial charge on any atom is 0.00906 e. The number of thioether (sulfide) groups is 1. The summed E-state index contributed by atoms with van der Waals surface area (Å²) >= 11 is 5.59. The van der Waals surface area contributed by atoms with E-state index >= 15 is 0 Å². The first-order valence-corrected chi connectivity index (χ1v) is 6.81. The molecule has 0 radical (unpaired) electrons. The van der Waals surface area contributed by atoms with Crippen molar-refractivity contribution in [3.8, 4) is 0 Å². The van der Waals surface area contributed by atoms with Gasteiger partial charge in [0.05, 0.1) is 0 Å². The van der Waals surface area contributed by atoms with Crippen molar-refractivity contribution in [3.05, 3.63) is 0 Å². The van der Waals surface area contributed by atoms with Crippen LogP contribution in [0.4, 0.5) is 0 Å². The molecule has 0 aromatic heterocycles. The molecule has 66 valence electrons. The lowest BCUT2D eigenvalue weighted by Crippen LogP contribution is -2.05. The third kappa shape index (κ3) is 2.38. The Hall–Kier alpha value is 0.830. The van der Waals surface area contributed by atoms with Gasteiger partial charge in [-0.3, -0.25) is 0 Å². The van der Waals surface area contributed by atoms with Gasteiger partial charge in [0.1, 0.15) is 0 Å². The summed E-state index contributed by atoms with van der Waals surface area (Å²) in [5.41, 5.74) is 0.704. The molecule has 11 heavy (non-hydrogen) atoms. The molecule has 0 aliphatic heterocycles. The Labute approximate surface area is 82.6 Å². The predicted molar refractivity (Wildman–Crippen MR) is 57.6 cm³/mol. The Bertz CT molecular complexity index is 123. The number of rotatable bonds is 5. The Balaban J connectivity index is 2.14. The lowest BCUT2D eigenvalue weighted by molar-refractivity contribution is 0.483. The molecule has 1 fully saturated rings. The molecule has 0 nitrogen and oxygen atoms in total. The smallest absolute Gasteiger partial charge is 0.00906 e. The molecule has 2 heteroatoms. The van der Waals surface area contributed by atoms with E-state index in [0.717, 1.165) is 5.92 Å². The van der Waals surface area contributed by atoms with Crippen molar-refractivity contribution in [1.29, 1.82) is 0 Å². The van der Waals surface area contributed by atoms with Crippen molar-refractivity contribution in [2.24, 2.45) is 11.3 Å². The zero-order chi connectivity index (χ0) is 8.32. The molecule has 0 bridgehead atoms. The molecule has 0 N–H and O–H groups in total. The molecule has 1 rings (SSSR count). The molecule has 2 unspecified atom stereocenters. The van der Waals surface area contributed by atoms with Crippen LogP contribution in [0, 0.1) is 11.3 Å². The fourth-order valence-corrected chi connectivity index (χ4v) is 3.22. The van der Waals surface area contributed by atoms with Gasteiger partial charge in [0.25, 0.3) is 0 Å². The highest BCUT2D eigenvalue weighted by atomic mass is 79.9. The van der Waals surface area contributed by atoms with E-state index in [1.807, 2.05) is 11.8 Å². The van der Waals surface area contributed by atoms with Crippen LogP contribution < -0.4 is 0 Å². The van der Waals surface area contributed by atoms with Gasteiger partial charge >= 0.3 is 0 Å². The van der Waals surface area contributed by atoms with Crippen LogP contribution in [-0.2, 0) is 0 Å². The molecule has 0 aromatic carbocycles. The number of hydrogen-bond acceptors (Lipinski definition) is 1. The summed E-state index contributed by atoms with van der Waals surface area (Å²) < 4.78 is 0. The van der Waals surface area contributed by atoms with Crippen LogP contribution in [0.5, 0.6) is 0 Å². The summed E-state index contributed by atoms with van der Waals surface area (Å²) in [5, 5.41) is 1.22. The Kier molecular flexibility index (Phi) is 3.76. The molecule has 1 saturated carbocycles. The van der Waals surface area contributed by atoms with Crippen LogP contribution in [0.1, 0.15) is 26.2 Å². The largest absolute Gasteiger partial charge is 0.165 e. The molecule has 0 aromatic rings. The van der Waals surface area contributed by atoms with Crippen molar-refractivity contribution in [2.75, 3.05) is 17.3 Å². The highest BCUT2D eigenvalue weighted by Crippen LogP contribution is 2.56. The summed E-state index contributed by atoms with van der Waals surface area (Å²) in [7, 11) is 0. The second kappa shape index (κ2) is 4.18. The van der Waals surface area contributed by atoms with Gasteiger partial charge in [0.15, 0.2) is 0 Å². The van der Waals surface area contributed by atoms with E-state index in [1.54, 1.807) is 0 Å². The topological polar surface area (TPSA) is 0 Å². The van der Waals surface area contributed by atoms with Crippen molar-refractivity contribution in [1.82, 2.24) is 0 Å². The number of hydrogen-bond donors (Lipinski definition) is 0. The van der Waals surface area contributed by atoms with E-state index in [1.165, 1.54) is 30.3 Å². The normalized spacial score (nSPS) is 35.7. The average molecular weight is 237 g/mol. The molecule has 2 atom stereocenters. The minimum atomic E-state index is 0.704. The first-order chi connectivity index (χ1) is 5.25. The van der Waals surface area contributed by atoms with Gasteiger partial charge in [-0.25, -0.2) is 0 Å². The second-order valence-electron chi connectivity index (χ2n) is 3.70. The van der Waals surface area contributed by atoms with Crippen LogP contribution in [0.3, 0.4) is 0 Å². The average Bonchev–Trinajstić information content (AvgIpc) is 2.64. The summed E-state index contributed by atoms with van der Waals surface area (Å²) in [4.78, 5) is 0. The third-order valence-corrected chi connectivity index (χ3v) is 4.70. The zero-order valence-electron chi connectivity index (χ0n) is 7.40. The van der Waals surface area contributed by atoms with E-state index in [-0.39, 0.29) is 0 Å². The monoisotopic (exact) mass is 236 g/mol. The molecule has 0 amide bonds. The quantitative estimate of drug-likeness (QED) is 0.520. The van der Waals surface area contributed by atoms with Gasteiger partial charge in [0.2, 0.25) is 0 Å². The van der Waals surface area contributed by atoms with Crippen molar-refractivity contribution < 1.29 is 0 Å². The summed E-state index contributed by atoms with van der Waals surface area (Å²) in [6.07, 6.45) is 6.47. The minimum absolute atomic E-state index is 0.704. The fraction of sp³-hybridized carbons (Fsp3) is 1.00. The molecule has 0 spiro atoms. The van der Waals surface area contributed by atoms with Crippen molar-refractivity contribution in [3.63, 3.8) is 0 Å². The Morgan fingerprint density at radius 3 is 2.64 bits per heavy atom. The maximum atomic E-state index is 3.62. The van der Waals surface area contributed by atoms with Gasteiger partial charge in [-0.05, 0) is 42.6 Å². The van der Waals surface area contributed by atoms with Gasteiger partial charge in [0, 0.05) is 5.33 Å². The first kappa shape index (κ1) is 9.91. The van der Waals surface area contributed by atoms with E-state index in [2.05, 4.69) is 29.1 Å². The molecule has 1 aliphatic carbocycles. The molecule has 1 aliphatic rings. The van der Waals surface area contributed by atoms with E-state index in [9.17, 15) is 0 Å². The van der Waals surface area contributed by atoms with Crippen LogP contribution in [0.15, 0.2) is 0 Å². The van der Waals surface area contributed by atoms with E-state index in [4.69, 9.17) is 0 Å². The van der Waals surface area contributed by atoms with Crippen LogP contribution in [0.2, 0.25) is 0 Å². The highest BCUT2D eigenvalue weighted by Gasteiger charge is 2.48. The second-order valence-corrected chi connectivity index (χ2v) is 5.24. The molecular weight excluding hydrogens is 220 g/mol. The SMILES string of the molecule is CSCCCC1(CBr)CC1C. The summed E-state index contributed by atoms with van der Waals surface area (Å²) in [6.45, 7) is 2.38. The highest BCUT2D eigenvalue weighted by molar-refractivity contribution is 9.09. The number of halogens is 1.